The van der Waals surface area contributed by atoms with Gasteiger partial charge in [0.1, 0.15) is 28.0 Å². The molecule has 2 aromatic heterocycles. The molecule has 0 radical (unpaired) electrons. The molecule has 0 saturated heterocycles. The van der Waals surface area contributed by atoms with E-state index >= 15 is 4.39 Å². The minimum absolute atomic E-state index is 0.101. The molecule has 1 aliphatic carbocycles. The summed E-state index contributed by atoms with van der Waals surface area (Å²) in [7, 11) is -2.88. The van der Waals surface area contributed by atoms with Gasteiger partial charge in [0.2, 0.25) is 15.2 Å². The van der Waals surface area contributed by atoms with E-state index in [1.54, 1.807) is 35.0 Å². The Hall–Kier alpha value is -4.17. The van der Waals surface area contributed by atoms with Crippen molar-refractivity contribution in [3.8, 4) is 33.3 Å². The van der Waals surface area contributed by atoms with Gasteiger partial charge in [-0.1, -0.05) is 29.8 Å². The van der Waals surface area contributed by atoms with E-state index in [1.807, 2.05) is 0 Å². The number of carboxylic acid groups (broad SMARTS) is 1. The summed E-state index contributed by atoms with van der Waals surface area (Å²) in [6, 6.07) is 13.3. The molecule has 2 heterocycles. The van der Waals surface area contributed by atoms with Crippen molar-refractivity contribution in [3.63, 3.8) is 0 Å². The number of hydrogen-bond acceptors (Lipinski definition) is 7. The highest BCUT2D eigenvalue weighted by Gasteiger charge is 2.31. The minimum Gasteiger partial charge on any atom is -0.496 e. The standard InChI is InChI=1S/C31H25ClF2N4O5S2/c1-43-27-14-23(33)20(18-3-2-4-19(32)12-18)13-22(27)29-21(9-17-7-8-28(24(34)10-17)45(35,41)42)26(11-16-5-6-16)38(37-29)31-36-25(15-44-31)30(39)40/h2-4,7-8,10,12-16H,5-6,9,11H2,1H3,(H,39,40)(H2,35,41,42). The minimum atomic E-state index is -4.28. The van der Waals surface area contributed by atoms with Gasteiger partial charge in [0.15, 0.2) is 5.69 Å². The first kappa shape index (κ1) is 30.8. The van der Waals surface area contributed by atoms with Crippen LogP contribution in [0.1, 0.15) is 40.2 Å². The first-order chi connectivity index (χ1) is 21.4. The monoisotopic (exact) mass is 670 g/mol. The normalized spacial score (nSPS) is 13.3. The van der Waals surface area contributed by atoms with Crippen molar-refractivity contribution in [3.05, 3.63) is 99.1 Å². The van der Waals surface area contributed by atoms with Crippen molar-refractivity contribution in [2.24, 2.45) is 11.1 Å². The van der Waals surface area contributed by atoms with Crippen LogP contribution in [-0.4, -0.2) is 41.4 Å². The van der Waals surface area contributed by atoms with Gasteiger partial charge in [-0.2, -0.15) is 5.10 Å². The third kappa shape index (κ3) is 6.34. The van der Waals surface area contributed by atoms with Crippen molar-refractivity contribution >= 4 is 38.9 Å². The van der Waals surface area contributed by atoms with Crippen molar-refractivity contribution in [2.75, 3.05) is 7.11 Å². The number of aromatic carboxylic acids is 1. The Balaban J connectivity index is 1.60. The summed E-state index contributed by atoms with van der Waals surface area (Å²) in [5, 5.41) is 21.7. The number of halogens is 3. The van der Waals surface area contributed by atoms with Gasteiger partial charge in [-0.15, -0.1) is 11.3 Å². The van der Waals surface area contributed by atoms with Gasteiger partial charge >= 0.3 is 5.97 Å². The summed E-state index contributed by atoms with van der Waals surface area (Å²) in [5.41, 5.74) is 3.21. The predicted octanol–water partition coefficient (Wildman–Crippen LogP) is 6.49. The Labute approximate surface area is 265 Å². The van der Waals surface area contributed by atoms with Crippen LogP contribution in [0.25, 0.3) is 27.5 Å². The predicted molar refractivity (Wildman–Crippen MR) is 166 cm³/mol. The zero-order valence-electron chi connectivity index (χ0n) is 23.6. The van der Waals surface area contributed by atoms with Crippen molar-refractivity contribution in [1.29, 1.82) is 0 Å². The molecule has 0 bridgehead atoms. The van der Waals surface area contributed by atoms with Crippen molar-refractivity contribution in [2.45, 2.75) is 30.6 Å². The summed E-state index contributed by atoms with van der Waals surface area (Å²) in [6.45, 7) is 0. The Morgan fingerprint density at radius 2 is 1.91 bits per heavy atom. The Morgan fingerprint density at radius 1 is 1.13 bits per heavy atom. The van der Waals surface area contributed by atoms with Crippen molar-refractivity contribution in [1.82, 2.24) is 14.8 Å². The van der Waals surface area contributed by atoms with E-state index in [4.69, 9.17) is 26.6 Å². The summed E-state index contributed by atoms with van der Waals surface area (Å²) in [4.78, 5) is 15.3. The Kier molecular flexibility index (Phi) is 8.20. The number of methoxy groups -OCH3 is 1. The summed E-state index contributed by atoms with van der Waals surface area (Å²) in [6.07, 6.45) is 2.62. The quantitative estimate of drug-likeness (QED) is 0.173. The lowest BCUT2D eigenvalue weighted by Crippen LogP contribution is -2.14. The number of sulfonamides is 1. The Morgan fingerprint density at radius 3 is 2.53 bits per heavy atom. The third-order valence-corrected chi connectivity index (χ3v) is 9.52. The highest BCUT2D eigenvalue weighted by atomic mass is 35.5. The number of carbonyl (C=O) groups is 1. The van der Waals surface area contributed by atoms with E-state index in [2.05, 4.69) is 4.98 Å². The second-order valence-electron chi connectivity index (χ2n) is 10.7. The topological polar surface area (TPSA) is 137 Å². The molecule has 3 aromatic carbocycles. The largest absolute Gasteiger partial charge is 0.496 e. The number of aromatic nitrogens is 3. The zero-order valence-corrected chi connectivity index (χ0v) is 26.0. The van der Waals surface area contributed by atoms with E-state index in [9.17, 15) is 22.7 Å². The molecule has 0 unspecified atom stereocenters. The molecule has 1 aliphatic rings. The number of benzene rings is 3. The number of hydrogen-bond donors (Lipinski definition) is 2. The van der Waals surface area contributed by atoms with Gasteiger partial charge in [-0.25, -0.2) is 36.8 Å². The average molecular weight is 671 g/mol. The molecule has 3 N–H and O–H groups in total. The zero-order chi connectivity index (χ0) is 32.0. The summed E-state index contributed by atoms with van der Waals surface area (Å²) >= 11 is 7.31. The molecule has 0 spiro atoms. The number of nitrogens with two attached hydrogens (primary N) is 1. The van der Waals surface area contributed by atoms with Gasteiger partial charge in [-0.05, 0) is 66.6 Å². The molecule has 14 heteroatoms. The molecular weight excluding hydrogens is 646 g/mol. The molecule has 0 amide bonds. The molecule has 232 valence electrons. The maximum atomic E-state index is 15.5. The smallest absolute Gasteiger partial charge is 0.355 e. The fraction of sp³-hybridized carbons (Fsp3) is 0.194. The number of rotatable bonds is 10. The number of thiazole rings is 1. The van der Waals surface area contributed by atoms with Gasteiger partial charge in [0, 0.05) is 39.6 Å². The Bertz CT molecular complexity index is 2080. The summed E-state index contributed by atoms with van der Waals surface area (Å²) < 4.78 is 61.3. The molecule has 1 fully saturated rings. The summed E-state index contributed by atoms with van der Waals surface area (Å²) in [5.74, 6) is -2.22. The molecule has 0 aliphatic heterocycles. The van der Waals surface area contributed by atoms with Crippen LogP contribution in [0.4, 0.5) is 8.78 Å². The molecule has 45 heavy (non-hydrogen) atoms. The van der Waals surface area contributed by atoms with Crippen LogP contribution in [0.5, 0.6) is 5.75 Å². The van der Waals surface area contributed by atoms with E-state index in [1.165, 1.54) is 24.6 Å². The molecule has 1 saturated carbocycles. The average Bonchev–Trinajstić information content (AvgIpc) is 3.54. The van der Waals surface area contributed by atoms with E-state index in [0.717, 1.165) is 36.3 Å². The molecule has 0 atom stereocenters. The van der Waals surface area contributed by atoms with E-state index in [0.29, 0.717) is 56.1 Å². The van der Waals surface area contributed by atoms with E-state index in [-0.39, 0.29) is 23.4 Å². The second kappa shape index (κ2) is 12.0. The van der Waals surface area contributed by atoms with E-state index < -0.39 is 32.5 Å². The van der Waals surface area contributed by atoms with Crippen LogP contribution < -0.4 is 9.88 Å². The lowest BCUT2D eigenvalue weighted by Gasteiger charge is -2.14. The number of primary sulfonamides is 1. The molecule has 5 aromatic rings. The molecular formula is C31H25ClF2N4O5S2. The first-order valence-electron chi connectivity index (χ1n) is 13.7. The van der Waals surface area contributed by atoms with Crippen LogP contribution in [0.3, 0.4) is 0 Å². The van der Waals surface area contributed by atoms with Crippen LogP contribution in [0.2, 0.25) is 5.02 Å². The van der Waals surface area contributed by atoms with Gasteiger partial charge < -0.3 is 9.84 Å². The fourth-order valence-corrected chi connectivity index (χ4v) is 6.74. The lowest BCUT2D eigenvalue weighted by atomic mass is 9.94. The highest BCUT2D eigenvalue weighted by Crippen LogP contribution is 2.42. The van der Waals surface area contributed by atoms with Gasteiger partial charge in [0.25, 0.3) is 0 Å². The number of ether oxygens (including phenoxy) is 1. The van der Waals surface area contributed by atoms with Crippen LogP contribution in [0.15, 0.2) is 64.9 Å². The van der Waals surface area contributed by atoms with Gasteiger partial charge in [-0.3, -0.25) is 0 Å². The number of nitrogens with zero attached hydrogens (tertiary/aromatic N) is 3. The number of carboxylic acids is 1. The SMILES string of the molecule is COc1cc(F)c(-c2cccc(Cl)c2)cc1-c1nn(-c2nc(C(=O)O)cs2)c(CC2CC2)c1Cc1ccc(S(N)(=O)=O)c(F)c1. The second-order valence-corrected chi connectivity index (χ2v) is 13.5. The van der Waals surface area contributed by atoms with Crippen LogP contribution in [-0.2, 0) is 22.9 Å². The maximum absolute atomic E-state index is 15.5. The fourth-order valence-electron chi connectivity index (χ4n) is 5.19. The molecule has 6 rings (SSSR count). The van der Waals surface area contributed by atoms with Crippen LogP contribution >= 0.6 is 22.9 Å². The lowest BCUT2D eigenvalue weighted by molar-refractivity contribution is 0.0691. The first-order valence-corrected chi connectivity index (χ1v) is 16.5. The van der Waals surface area contributed by atoms with Gasteiger partial charge in [0.05, 0.1) is 12.8 Å². The third-order valence-electron chi connectivity index (χ3n) is 7.52. The highest BCUT2D eigenvalue weighted by molar-refractivity contribution is 7.89. The van der Waals surface area contributed by atoms with Crippen molar-refractivity contribution < 1.29 is 31.8 Å². The van der Waals surface area contributed by atoms with Crippen LogP contribution in [0, 0.1) is 17.6 Å². The molecule has 9 nitrogen and oxygen atoms in total. The maximum Gasteiger partial charge on any atom is 0.355 e.